The third-order valence-corrected chi connectivity index (χ3v) is 4.56. The molecule has 1 aliphatic rings. The molecule has 0 radical (unpaired) electrons. The highest BCUT2D eigenvalue weighted by atomic mass is 32.2. The second-order valence-corrected chi connectivity index (χ2v) is 6.81. The molecule has 1 aliphatic heterocycles. The van der Waals surface area contributed by atoms with Crippen LogP contribution in [0.1, 0.15) is 11.6 Å². The number of hydrogen-bond donors (Lipinski definition) is 1. The molecule has 0 aliphatic carbocycles. The number of sulfone groups is 1. The molecule has 1 aromatic carbocycles. The Kier molecular flexibility index (Phi) is 4.54. The van der Waals surface area contributed by atoms with Gasteiger partial charge >= 0.3 is 0 Å². The summed E-state index contributed by atoms with van der Waals surface area (Å²) in [4.78, 5) is 2.36. The zero-order valence-electron chi connectivity index (χ0n) is 11.0. The van der Waals surface area contributed by atoms with Gasteiger partial charge in [0.15, 0.2) is 9.84 Å². The van der Waals surface area contributed by atoms with E-state index in [1.165, 1.54) is 6.26 Å². The van der Waals surface area contributed by atoms with Gasteiger partial charge in [0.2, 0.25) is 0 Å². The van der Waals surface area contributed by atoms with Crippen LogP contribution in [0, 0.1) is 0 Å². The minimum Gasteiger partial charge on any atom is -0.314 e. The van der Waals surface area contributed by atoms with Crippen LogP contribution in [0.4, 0.5) is 4.39 Å². The van der Waals surface area contributed by atoms with E-state index in [2.05, 4.69) is 10.2 Å². The largest absolute Gasteiger partial charge is 0.314 e. The molecule has 19 heavy (non-hydrogen) atoms. The van der Waals surface area contributed by atoms with Crippen molar-refractivity contribution in [3.8, 4) is 0 Å². The van der Waals surface area contributed by atoms with Crippen molar-refractivity contribution < 1.29 is 12.8 Å². The maximum absolute atomic E-state index is 13.3. The Morgan fingerprint density at radius 2 is 1.84 bits per heavy atom. The monoisotopic (exact) mass is 286 g/mol. The Morgan fingerprint density at radius 1 is 1.26 bits per heavy atom. The lowest BCUT2D eigenvalue weighted by Crippen LogP contribution is -2.45. The number of piperazine rings is 1. The lowest BCUT2D eigenvalue weighted by atomic mass is 10.1. The third kappa shape index (κ3) is 3.52. The first-order valence-electron chi connectivity index (χ1n) is 6.33. The molecule has 0 unspecified atom stereocenters. The molecule has 0 amide bonds. The van der Waals surface area contributed by atoms with E-state index >= 15 is 0 Å². The normalized spacial score (nSPS) is 19.3. The van der Waals surface area contributed by atoms with Crippen molar-refractivity contribution in [3.05, 3.63) is 29.8 Å². The van der Waals surface area contributed by atoms with Crippen molar-refractivity contribution in [2.45, 2.75) is 10.9 Å². The van der Waals surface area contributed by atoms with E-state index in [-0.39, 0.29) is 10.9 Å². The fourth-order valence-corrected chi connectivity index (χ4v) is 2.96. The molecule has 1 aromatic rings. The van der Waals surface area contributed by atoms with Crippen LogP contribution in [0.15, 0.2) is 29.2 Å². The highest BCUT2D eigenvalue weighted by Crippen LogP contribution is 2.23. The van der Waals surface area contributed by atoms with Crippen LogP contribution in [-0.4, -0.2) is 52.4 Å². The van der Waals surface area contributed by atoms with Crippen LogP contribution in [0.25, 0.3) is 0 Å². The Hall–Kier alpha value is -0.980. The Morgan fingerprint density at radius 3 is 2.32 bits per heavy atom. The number of halogens is 1. The van der Waals surface area contributed by atoms with Crippen LogP contribution in [0.5, 0.6) is 0 Å². The van der Waals surface area contributed by atoms with E-state index in [4.69, 9.17) is 0 Å². The number of nitrogens with one attached hydrogen (secondary N) is 1. The highest BCUT2D eigenvalue weighted by molar-refractivity contribution is 7.90. The van der Waals surface area contributed by atoms with Gasteiger partial charge in [-0.05, 0) is 17.7 Å². The maximum atomic E-state index is 13.3. The molecule has 1 saturated heterocycles. The average Bonchev–Trinajstić information content (AvgIpc) is 2.40. The minimum absolute atomic E-state index is 0.272. The molecule has 1 atom stereocenters. The van der Waals surface area contributed by atoms with Gasteiger partial charge in [-0.25, -0.2) is 12.8 Å². The summed E-state index contributed by atoms with van der Waals surface area (Å²) in [7, 11) is -3.19. The Bertz CT molecular complexity index is 510. The molecule has 4 nitrogen and oxygen atoms in total. The van der Waals surface area contributed by atoms with Crippen LogP contribution >= 0.6 is 0 Å². The third-order valence-electron chi connectivity index (χ3n) is 3.43. The zero-order chi connectivity index (χ0) is 13.9. The van der Waals surface area contributed by atoms with E-state index in [1.54, 1.807) is 24.3 Å². The lowest BCUT2D eigenvalue weighted by molar-refractivity contribution is 0.147. The van der Waals surface area contributed by atoms with Crippen molar-refractivity contribution in [2.24, 2.45) is 0 Å². The molecule has 0 saturated carbocycles. The van der Waals surface area contributed by atoms with Crippen LogP contribution < -0.4 is 5.32 Å². The summed E-state index contributed by atoms with van der Waals surface area (Å²) in [5.74, 6) is 0. The Balaban J connectivity index is 2.19. The van der Waals surface area contributed by atoms with Crippen LogP contribution in [0.3, 0.4) is 0 Å². The first-order chi connectivity index (χ1) is 9.02. The van der Waals surface area contributed by atoms with E-state index in [9.17, 15) is 12.8 Å². The summed E-state index contributed by atoms with van der Waals surface area (Å²) >= 11 is 0. The molecular formula is C13H19FN2O2S. The lowest BCUT2D eigenvalue weighted by Gasteiger charge is -2.33. The highest BCUT2D eigenvalue weighted by Gasteiger charge is 2.22. The molecular weight excluding hydrogens is 267 g/mol. The fourth-order valence-electron chi connectivity index (χ4n) is 2.33. The van der Waals surface area contributed by atoms with Gasteiger partial charge in [0.05, 0.1) is 10.9 Å². The quantitative estimate of drug-likeness (QED) is 0.897. The van der Waals surface area contributed by atoms with Gasteiger partial charge < -0.3 is 5.32 Å². The summed E-state index contributed by atoms with van der Waals surface area (Å²) < 4.78 is 36.1. The summed E-state index contributed by atoms with van der Waals surface area (Å²) in [5, 5.41) is 3.23. The fraction of sp³-hybridized carbons (Fsp3) is 0.538. The first kappa shape index (κ1) is 14.4. The number of hydrogen-bond acceptors (Lipinski definition) is 4. The molecule has 1 heterocycles. The summed E-state index contributed by atoms with van der Waals surface area (Å²) in [6, 6.07) is 6.24. The topological polar surface area (TPSA) is 49.4 Å². The molecule has 0 aromatic heterocycles. The van der Waals surface area contributed by atoms with E-state index < -0.39 is 16.5 Å². The predicted octanol–water partition coefficient (Wildman–Crippen LogP) is 1.01. The molecule has 106 valence electrons. The second kappa shape index (κ2) is 5.98. The summed E-state index contributed by atoms with van der Waals surface area (Å²) in [6.45, 7) is 2.87. The first-order valence-corrected chi connectivity index (χ1v) is 8.22. The van der Waals surface area contributed by atoms with Crippen LogP contribution in [0.2, 0.25) is 0 Å². The number of benzene rings is 1. The maximum Gasteiger partial charge on any atom is 0.175 e. The molecule has 0 bridgehead atoms. The standard InChI is InChI=1S/C13H19FN2O2S/c1-19(17,18)12-4-2-11(3-5-12)13(10-14)16-8-6-15-7-9-16/h2-5,13,15H,6-10H2,1H3/t13-/m1/s1. The molecule has 2 rings (SSSR count). The minimum atomic E-state index is -3.19. The SMILES string of the molecule is CS(=O)(=O)c1ccc([C@@H](CF)N2CCNCC2)cc1. The number of nitrogens with zero attached hydrogens (tertiary/aromatic N) is 1. The van der Waals surface area contributed by atoms with Crippen molar-refractivity contribution >= 4 is 9.84 Å². The second-order valence-electron chi connectivity index (χ2n) is 4.80. The number of rotatable bonds is 4. The average molecular weight is 286 g/mol. The van der Waals surface area contributed by atoms with Crippen molar-refractivity contribution in [3.63, 3.8) is 0 Å². The van der Waals surface area contributed by atoms with Crippen molar-refractivity contribution in [1.82, 2.24) is 10.2 Å². The van der Waals surface area contributed by atoms with Crippen LogP contribution in [-0.2, 0) is 9.84 Å². The van der Waals surface area contributed by atoms with Gasteiger partial charge in [-0.1, -0.05) is 12.1 Å². The van der Waals surface area contributed by atoms with E-state index in [1.807, 2.05) is 0 Å². The molecule has 0 spiro atoms. The van der Waals surface area contributed by atoms with Gasteiger partial charge in [0, 0.05) is 32.4 Å². The van der Waals surface area contributed by atoms with Gasteiger partial charge in [-0.2, -0.15) is 0 Å². The van der Waals surface area contributed by atoms with Gasteiger partial charge in [0.25, 0.3) is 0 Å². The van der Waals surface area contributed by atoms with E-state index in [0.717, 1.165) is 31.7 Å². The Labute approximate surface area is 113 Å². The van der Waals surface area contributed by atoms with Gasteiger partial charge in [-0.3, -0.25) is 4.90 Å². The predicted molar refractivity (Wildman–Crippen MR) is 72.7 cm³/mol. The molecule has 1 fully saturated rings. The molecule has 6 heteroatoms. The zero-order valence-corrected chi connectivity index (χ0v) is 11.8. The smallest absolute Gasteiger partial charge is 0.175 e. The summed E-state index contributed by atoms with van der Waals surface area (Å²) in [6.07, 6.45) is 1.17. The van der Waals surface area contributed by atoms with Crippen molar-refractivity contribution in [2.75, 3.05) is 39.1 Å². The van der Waals surface area contributed by atoms with Gasteiger partial charge in [-0.15, -0.1) is 0 Å². The molecule has 1 N–H and O–H groups in total. The number of alkyl halides is 1. The van der Waals surface area contributed by atoms with Crippen molar-refractivity contribution in [1.29, 1.82) is 0 Å². The van der Waals surface area contributed by atoms with Gasteiger partial charge in [0.1, 0.15) is 6.67 Å². The van der Waals surface area contributed by atoms with E-state index in [0.29, 0.717) is 0 Å². The summed E-state index contributed by atoms with van der Waals surface area (Å²) in [5.41, 5.74) is 0.830.